The van der Waals surface area contributed by atoms with Gasteiger partial charge >= 0.3 is 0 Å². The van der Waals surface area contributed by atoms with E-state index in [0.717, 1.165) is 0 Å². The van der Waals surface area contributed by atoms with Crippen LogP contribution in [0.25, 0.3) is 5.52 Å². The molecule has 0 radical (unpaired) electrons. The summed E-state index contributed by atoms with van der Waals surface area (Å²) >= 11 is 0. The van der Waals surface area contributed by atoms with Crippen LogP contribution in [0.15, 0.2) is 42.6 Å². The summed E-state index contributed by atoms with van der Waals surface area (Å²) in [5.74, 6) is -0.879. The van der Waals surface area contributed by atoms with E-state index in [0.29, 0.717) is 28.1 Å². The lowest BCUT2D eigenvalue weighted by molar-refractivity contribution is -0.126. The lowest BCUT2D eigenvalue weighted by Crippen LogP contribution is -2.53. The molecule has 152 valence electrons. The second-order valence-corrected chi connectivity index (χ2v) is 7.32. The fourth-order valence-electron chi connectivity index (χ4n) is 2.86. The van der Waals surface area contributed by atoms with E-state index in [2.05, 4.69) is 5.10 Å². The number of rotatable bonds is 6. The molecule has 0 aliphatic heterocycles. The highest BCUT2D eigenvalue weighted by molar-refractivity contribution is 6.04. The summed E-state index contributed by atoms with van der Waals surface area (Å²) in [5, 5.41) is 4.35. The maximum absolute atomic E-state index is 13.8. The second-order valence-electron chi connectivity index (χ2n) is 7.32. The number of amides is 2. The van der Waals surface area contributed by atoms with Gasteiger partial charge in [-0.2, -0.15) is 5.10 Å². The van der Waals surface area contributed by atoms with Gasteiger partial charge in [0.1, 0.15) is 23.7 Å². The van der Waals surface area contributed by atoms with Crippen molar-refractivity contribution < 1.29 is 18.7 Å². The minimum Gasteiger partial charge on any atom is -0.489 e. The lowest BCUT2D eigenvalue weighted by Gasteiger charge is -2.32. The van der Waals surface area contributed by atoms with E-state index in [9.17, 15) is 14.0 Å². The van der Waals surface area contributed by atoms with Crippen molar-refractivity contribution in [2.45, 2.75) is 32.9 Å². The highest BCUT2D eigenvalue weighted by atomic mass is 19.1. The van der Waals surface area contributed by atoms with Crippen molar-refractivity contribution in [3.63, 3.8) is 0 Å². The monoisotopic (exact) mass is 398 g/mol. The van der Waals surface area contributed by atoms with E-state index in [1.165, 1.54) is 18.0 Å². The minimum atomic E-state index is -1.17. The summed E-state index contributed by atoms with van der Waals surface area (Å²) in [6.45, 7) is 4.92. The SMILES string of the molecule is Cc1nn2ccc(OCc3ccccc3F)cc2c1C(=O)N(C)C(C)(C)C(N)=O. The average Bonchev–Trinajstić information content (AvgIpc) is 3.01. The molecule has 1 aromatic carbocycles. The smallest absolute Gasteiger partial charge is 0.258 e. The van der Waals surface area contributed by atoms with Crippen LogP contribution in [0.5, 0.6) is 5.75 Å². The van der Waals surface area contributed by atoms with Gasteiger partial charge in [-0.1, -0.05) is 18.2 Å². The third-order valence-corrected chi connectivity index (χ3v) is 5.09. The third-order valence-electron chi connectivity index (χ3n) is 5.09. The Kier molecular flexibility index (Phi) is 5.28. The highest BCUT2D eigenvalue weighted by Gasteiger charge is 2.35. The zero-order valence-electron chi connectivity index (χ0n) is 16.8. The van der Waals surface area contributed by atoms with E-state index in [4.69, 9.17) is 10.5 Å². The molecule has 0 bridgehead atoms. The molecule has 0 fully saturated rings. The fraction of sp³-hybridized carbons (Fsp3) is 0.286. The van der Waals surface area contributed by atoms with Crippen LogP contribution in [0.2, 0.25) is 0 Å². The van der Waals surface area contributed by atoms with Crippen molar-refractivity contribution in [1.29, 1.82) is 0 Å². The summed E-state index contributed by atoms with van der Waals surface area (Å²) in [5.41, 5.74) is 6.07. The number of benzene rings is 1. The molecule has 0 aliphatic rings. The topological polar surface area (TPSA) is 89.9 Å². The first kappa shape index (κ1) is 20.3. The molecule has 7 nitrogen and oxygen atoms in total. The van der Waals surface area contributed by atoms with Gasteiger partial charge in [-0.3, -0.25) is 9.59 Å². The number of ether oxygens (including phenoxy) is 1. The van der Waals surface area contributed by atoms with Gasteiger partial charge in [0.15, 0.2) is 0 Å². The van der Waals surface area contributed by atoms with Gasteiger partial charge in [0, 0.05) is 24.9 Å². The quantitative estimate of drug-likeness (QED) is 0.691. The van der Waals surface area contributed by atoms with Gasteiger partial charge in [-0.05, 0) is 32.9 Å². The third kappa shape index (κ3) is 3.78. The first-order chi connectivity index (χ1) is 13.6. The van der Waals surface area contributed by atoms with Crippen LogP contribution >= 0.6 is 0 Å². The van der Waals surface area contributed by atoms with Gasteiger partial charge in [-0.25, -0.2) is 8.91 Å². The molecule has 2 amide bonds. The van der Waals surface area contributed by atoms with E-state index in [1.54, 1.807) is 61.8 Å². The van der Waals surface area contributed by atoms with Gasteiger partial charge in [0.25, 0.3) is 5.91 Å². The number of carbonyl (C=O) groups is 2. The molecule has 2 N–H and O–H groups in total. The number of primary amides is 1. The molecule has 0 unspecified atom stereocenters. The van der Waals surface area contributed by atoms with Crippen molar-refractivity contribution in [2.24, 2.45) is 5.73 Å². The number of halogens is 1. The van der Waals surface area contributed by atoms with Crippen LogP contribution in [0.3, 0.4) is 0 Å². The van der Waals surface area contributed by atoms with Gasteiger partial charge in [-0.15, -0.1) is 0 Å². The number of likely N-dealkylation sites (N-methyl/N-ethyl adjacent to an activating group) is 1. The molecule has 0 aliphatic carbocycles. The number of fused-ring (bicyclic) bond motifs is 1. The Morgan fingerprint density at radius 1 is 1.28 bits per heavy atom. The van der Waals surface area contributed by atoms with E-state index in [1.807, 2.05) is 0 Å². The standard InChI is InChI=1S/C21H23FN4O3/c1-13-18(19(27)25(4)21(2,3)20(23)28)17-11-15(9-10-26(17)24-13)29-12-14-7-5-6-8-16(14)22/h5-11H,12H2,1-4H3,(H2,23,28). The Hall–Kier alpha value is -3.42. The number of aryl methyl sites for hydroxylation is 1. The Balaban J connectivity index is 1.93. The first-order valence-corrected chi connectivity index (χ1v) is 9.06. The van der Waals surface area contributed by atoms with Crippen LogP contribution in [0.4, 0.5) is 4.39 Å². The normalized spacial score (nSPS) is 11.5. The molecule has 2 aromatic heterocycles. The molecule has 0 atom stereocenters. The molecule has 3 rings (SSSR count). The summed E-state index contributed by atoms with van der Waals surface area (Å²) in [7, 11) is 1.52. The summed E-state index contributed by atoms with van der Waals surface area (Å²) in [6, 6.07) is 9.72. The van der Waals surface area contributed by atoms with Gasteiger partial charge < -0.3 is 15.4 Å². The Morgan fingerprint density at radius 3 is 2.62 bits per heavy atom. The number of hydrogen-bond donors (Lipinski definition) is 1. The fourth-order valence-corrected chi connectivity index (χ4v) is 2.86. The first-order valence-electron chi connectivity index (χ1n) is 9.06. The van der Waals surface area contributed by atoms with Crippen molar-refractivity contribution in [1.82, 2.24) is 14.5 Å². The molecule has 8 heteroatoms. The predicted molar refractivity (Wildman–Crippen MR) is 106 cm³/mol. The Morgan fingerprint density at radius 2 is 1.97 bits per heavy atom. The number of aromatic nitrogens is 2. The summed E-state index contributed by atoms with van der Waals surface area (Å²) in [4.78, 5) is 26.1. The number of nitrogens with two attached hydrogens (primary N) is 1. The molecular weight excluding hydrogens is 375 g/mol. The molecule has 3 aromatic rings. The predicted octanol–water partition coefficient (Wildman–Crippen LogP) is 2.70. The van der Waals surface area contributed by atoms with Crippen molar-refractivity contribution in [3.8, 4) is 5.75 Å². The molecule has 29 heavy (non-hydrogen) atoms. The Labute approximate surface area is 167 Å². The van der Waals surface area contributed by atoms with E-state index in [-0.39, 0.29) is 18.3 Å². The minimum absolute atomic E-state index is 0.0495. The number of pyridine rings is 1. The molecule has 0 saturated carbocycles. The Bertz CT molecular complexity index is 1090. The lowest BCUT2D eigenvalue weighted by atomic mass is 10.0. The van der Waals surface area contributed by atoms with E-state index < -0.39 is 11.4 Å². The summed E-state index contributed by atoms with van der Waals surface area (Å²) < 4.78 is 21.1. The largest absolute Gasteiger partial charge is 0.489 e. The highest BCUT2D eigenvalue weighted by Crippen LogP contribution is 2.25. The van der Waals surface area contributed by atoms with Gasteiger partial charge in [0.05, 0.1) is 16.8 Å². The van der Waals surface area contributed by atoms with Gasteiger partial charge in [0.2, 0.25) is 5.91 Å². The number of nitrogens with zero attached hydrogens (tertiary/aromatic N) is 3. The zero-order chi connectivity index (χ0) is 21.3. The van der Waals surface area contributed by atoms with Crippen LogP contribution in [-0.4, -0.2) is 38.9 Å². The molecule has 0 spiro atoms. The zero-order valence-corrected chi connectivity index (χ0v) is 16.8. The molecule has 0 saturated heterocycles. The van der Waals surface area contributed by atoms with E-state index >= 15 is 0 Å². The maximum atomic E-state index is 13.8. The second kappa shape index (κ2) is 7.54. The van der Waals surface area contributed by atoms with Crippen molar-refractivity contribution in [3.05, 3.63) is 65.2 Å². The number of carbonyl (C=O) groups excluding carboxylic acids is 2. The van der Waals surface area contributed by atoms with Crippen LogP contribution in [0, 0.1) is 12.7 Å². The summed E-state index contributed by atoms with van der Waals surface area (Å²) in [6.07, 6.45) is 1.66. The van der Waals surface area contributed by atoms with Crippen LogP contribution < -0.4 is 10.5 Å². The number of hydrogen-bond acceptors (Lipinski definition) is 4. The molecular formula is C21H23FN4O3. The maximum Gasteiger partial charge on any atom is 0.258 e. The van der Waals surface area contributed by atoms with Crippen LogP contribution in [-0.2, 0) is 11.4 Å². The molecule has 2 heterocycles. The average molecular weight is 398 g/mol. The van der Waals surface area contributed by atoms with Crippen LogP contribution in [0.1, 0.15) is 35.5 Å². The van der Waals surface area contributed by atoms with Crippen molar-refractivity contribution >= 4 is 17.3 Å². The van der Waals surface area contributed by atoms with Crippen molar-refractivity contribution in [2.75, 3.05) is 7.05 Å².